The summed E-state index contributed by atoms with van der Waals surface area (Å²) in [6, 6.07) is 14.1. The minimum Gasteiger partial charge on any atom is -0.497 e. The molecule has 0 spiro atoms. The van der Waals surface area contributed by atoms with Gasteiger partial charge in [0.15, 0.2) is 0 Å². The van der Waals surface area contributed by atoms with Crippen molar-refractivity contribution in [1.29, 1.82) is 0 Å². The van der Waals surface area contributed by atoms with Gasteiger partial charge in [0.2, 0.25) is 0 Å². The Morgan fingerprint density at radius 1 is 1.03 bits per heavy atom. The van der Waals surface area contributed by atoms with Crippen molar-refractivity contribution in [2.24, 2.45) is 0 Å². The second-order valence-electron chi connectivity index (χ2n) is 7.99. The number of aliphatic hydroxyl groups excluding tert-OH is 1. The van der Waals surface area contributed by atoms with Crippen LogP contribution in [0, 0.1) is 5.82 Å². The molecule has 1 aliphatic heterocycles. The van der Waals surface area contributed by atoms with E-state index in [-0.39, 0.29) is 23.7 Å². The maximum atomic E-state index is 15.1. The second kappa shape index (κ2) is 10.0. The van der Waals surface area contributed by atoms with Gasteiger partial charge in [0.1, 0.15) is 17.3 Å². The first kappa shape index (κ1) is 24.0. The zero-order valence-corrected chi connectivity index (χ0v) is 19.9. The highest BCUT2D eigenvalue weighted by Gasteiger charge is 2.29. The number of hydrogen-bond donors (Lipinski definition) is 2. The highest BCUT2D eigenvalue weighted by molar-refractivity contribution is 7.92. The van der Waals surface area contributed by atoms with Gasteiger partial charge in [-0.2, -0.15) is 0 Å². The number of anilines is 1. The fourth-order valence-corrected chi connectivity index (χ4v) is 5.53. The molecule has 0 aromatic heterocycles. The summed E-state index contributed by atoms with van der Waals surface area (Å²) in [4.78, 5) is 0.0891. The molecule has 9 heteroatoms. The Balaban J connectivity index is 1.83. The van der Waals surface area contributed by atoms with E-state index in [4.69, 9.17) is 9.47 Å². The van der Waals surface area contributed by atoms with E-state index in [0.717, 1.165) is 28.0 Å². The third-order valence-electron chi connectivity index (χ3n) is 5.92. The van der Waals surface area contributed by atoms with Gasteiger partial charge < -0.3 is 19.9 Å². The molecule has 180 valence electrons. The lowest BCUT2D eigenvalue weighted by molar-refractivity contribution is 0.281. The second-order valence-corrected chi connectivity index (χ2v) is 9.85. The zero-order chi connectivity index (χ0) is 24.3. The van der Waals surface area contributed by atoms with Crippen molar-refractivity contribution in [1.82, 2.24) is 5.32 Å². The van der Waals surface area contributed by atoms with Crippen LogP contribution >= 0.6 is 0 Å². The molecule has 0 fully saturated rings. The Morgan fingerprint density at radius 2 is 1.85 bits per heavy atom. The lowest BCUT2D eigenvalue weighted by Gasteiger charge is -2.27. The van der Waals surface area contributed by atoms with E-state index in [0.29, 0.717) is 35.6 Å². The predicted molar refractivity (Wildman–Crippen MR) is 127 cm³/mol. The summed E-state index contributed by atoms with van der Waals surface area (Å²) in [5, 5.41) is 12.6. The van der Waals surface area contributed by atoms with Crippen LogP contribution in [-0.2, 0) is 36.1 Å². The maximum Gasteiger partial charge on any atom is 0.264 e. The fourth-order valence-electron chi connectivity index (χ4n) is 4.03. The van der Waals surface area contributed by atoms with Crippen LogP contribution in [0.3, 0.4) is 0 Å². The van der Waals surface area contributed by atoms with Crippen LogP contribution in [0.2, 0.25) is 0 Å². The number of halogens is 1. The van der Waals surface area contributed by atoms with Crippen molar-refractivity contribution in [3.05, 3.63) is 82.7 Å². The van der Waals surface area contributed by atoms with Crippen molar-refractivity contribution < 1.29 is 27.4 Å². The third kappa shape index (κ3) is 4.72. The normalized spacial score (nSPS) is 13.3. The van der Waals surface area contributed by atoms with E-state index < -0.39 is 15.8 Å². The van der Waals surface area contributed by atoms with Crippen LogP contribution in [-0.4, -0.2) is 34.3 Å². The highest BCUT2D eigenvalue weighted by Crippen LogP contribution is 2.33. The SMILES string of the molecule is COc1ccc(CN(c2ccc(CO)cc2F)S(=O)(=O)c2ccc3c(c2)CCNC3)c(OC)c1. The molecule has 0 radical (unpaired) electrons. The van der Waals surface area contributed by atoms with Crippen LogP contribution < -0.4 is 19.1 Å². The van der Waals surface area contributed by atoms with Crippen LogP contribution in [0.4, 0.5) is 10.1 Å². The van der Waals surface area contributed by atoms with E-state index in [1.165, 1.54) is 26.4 Å². The molecule has 0 saturated heterocycles. The third-order valence-corrected chi connectivity index (χ3v) is 7.68. The van der Waals surface area contributed by atoms with Gasteiger partial charge in [-0.3, -0.25) is 4.31 Å². The Hall–Kier alpha value is -3.14. The van der Waals surface area contributed by atoms with Crippen LogP contribution in [0.5, 0.6) is 11.5 Å². The van der Waals surface area contributed by atoms with Crippen molar-refractivity contribution in [2.45, 2.75) is 31.0 Å². The smallest absolute Gasteiger partial charge is 0.264 e. The molecular formula is C25H27FN2O5S. The van der Waals surface area contributed by atoms with Gasteiger partial charge in [0, 0.05) is 18.2 Å². The lowest BCUT2D eigenvalue weighted by Crippen LogP contribution is -2.32. The van der Waals surface area contributed by atoms with Gasteiger partial charge >= 0.3 is 0 Å². The Kier molecular flexibility index (Phi) is 7.06. The minimum absolute atomic E-state index is 0.0891. The summed E-state index contributed by atoms with van der Waals surface area (Å²) in [7, 11) is -1.14. The molecule has 1 heterocycles. The molecule has 0 bridgehead atoms. The number of aliphatic hydroxyl groups is 1. The quantitative estimate of drug-likeness (QED) is 0.508. The Labute approximate surface area is 198 Å². The van der Waals surface area contributed by atoms with Gasteiger partial charge in [-0.15, -0.1) is 0 Å². The van der Waals surface area contributed by atoms with Gasteiger partial charge in [-0.1, -0.05) is 12.1 Å². The molecule has 0 amide bonds. The van der Waals surface area contributed by atoms with Crippen molar-refractivity contribution in [2.75, 3.05) is 25.1 Å². The van der Waals surface area contributed by atoms with Crippen molar-refractivity contribution >= 4 is 15.7 Å². The van der Waals surface area contributed by atoms with E-state index in [1.807, 2.05) is 0 Å². The average molecular weight is 487 g/mol. The number of methoxy groups -OCH3 is 2. The maximum absolute atomic E-state index is 15.1. The predicted octanol–water partition coefficient (Wildman–Crippen LogP) is 3.38. The lowest BCUT2D eigenvalue weighted by atomic mass is 10.0. The molecule has 0 unspecified atom stereocenters. The Morgan fingerprint density at radius 3 is 2.56 bits per heavy atom. The number of sulfonamides is 1. The Bertz CT molecular complexity index is 1300. The first-order valence-electron chi connectivity index (χ1n) is 10.8. The molecule has 0 aliphatic carbocycles. The standard InChI is InChI=1S/C25H27FN2O5S/c1-32-21-6-4-20(25(13-21)33-2)15-28(24-8-3-17(16-29)11-23(24)26)34(30,31)22-7-5-19-14-27-10-9-18(19)12-22/h3-8,11-13,27,29H,9-10,14-16H2,1-2H3. The highest BCUT2D eigenvalue weighted by atomic mass is 32.2. The fraction of sp³-hybridized carbons (Fsp3) is 0.280. The molecular weight excluding hydrogens is 459 g/mol. The summed E-state index contributed by atoms with van der Waals surface area (Å²) < 4.78 is 54.6. The summed E-state index contributed by atoms with van der Waals surface area (Å²) >= 11 is 0. The number of hydrogen-bond acceptors (Lipinski definition) is 6. The summed E-state index contributed by atoms with van der Waals surface area (Å²) in [6.45, 7) is 0.929. The minimum atomic E-state index is -4.14. The largest absolute Gasteiger partial charge is 0.497 e. The number of nitrogens with zero attached hydrogens (tertiary/aromatic N) is 1. The zero-order valence-electron chi connectivity index (χ0n) is 19.0. The summed E-state index contributed by atoms with van der Waals surface area (Å²) in [6.07, 6.45) is 0.713. The molecule has 0 saturated carbocycles. The molecule has 3 aromatic carbocycles. The van der Waals surface area contributed by atoms with E-state index >= 15 is 4.39 Å². The number of benzene rings is 3. The van der Waals surface area contributed by atoms with Crippen molar-refractivity contribution in [3.8, 4) is 11.5 Å². The van der Waals surface area contributed by atoms with Gasteiger partial charge in [0.05, 0.1) is 38.0 Å². The first-order valence-corrected chi connectivity index (χ1v) is 12.3. The topological polar surface area (TPSA) is 88.1 Å². The van der Waals surface area contributed by atoms with E-state index in [9.17, 15) is 13.5 Å². The van der Waals surface area contributed by atoms with Crippen LogP contribution in [0.15, 0.2) is 59.5 Å². The monoisotopic (exact) mass is 486 g/mol. The number of fused-ring (bicyclic) bond motifs is 1. The van der Waals surface area contributed by atoms with Crippen LogP contribution in [0.1, 0.15) is 22.3 Å². The molecule has 7 nitrogen and oxygen atoms in total. The van der Waals surface area contributed by atoms with E-state index in [1.54, 1.807) is 36.4 Å². The number of ether oxygens (including phenoxy) is 2. The van der Waals surface area contributed by atoms with Crippen molar-refractivity contribution in [3.63, 3.8) is 0 Å². The molecule has 2 N–H and O–H groups in total. The van der Waals surface area contributed by atoms with Gasteiger partial charge in [0.25, 0.3) is 10.0 Å². The number of nitrogens with one attached hydrogen (secondary N) is 1. The van der Waals surface area contributed by atoms with Gasteiger partial charge in [-0.05, 0) is 66.1 Å². The molecule has 1 aliphatic rings. The average Bonchev–Trinajstić information content (AvgIpc) is 2.87. The number of rotatable bonds is 8. The molecule has 4 rings (SSSR count). The molecule has 34 heavy (non-hydrogen) atoms. The van der Waals surface area contributed by atoms with Crippen LogP contribution in [0.25, 0.3) is 0 Å². The molecule has 0 atom stereocenters. The first-order chi connectivity index (χ1) is 16.4. The molecule has 3 aromatic rings. The summed E-state index contributed by atoms with van der Waals surface area (Å²) in [5.74, 6) is 0.227. The van der Waals surface area contributed by atoms with E-state index in [2.05, 4.69) is 5.32 Å². The van der Waals surface area contributed by atoms with Gasteiger partial charge in [-0.25, -0.2) is 12.8 Å². The summed E-state index contributed by atoms with van der Waals surface area (Å²) in [5.41, 5.74) is 2.78.